The van der Waals surface area contributed by atoms with E-state index in [9.17, 15) is 24.0 Å². The molecule has 0 atom stereocenters. The fourth-order valence-electron chi connectivity index (χ4n) is 4.56. The molecule has 0 unspecified atom stereocenters. The Kier molecular flexibility index (Phi) is 9.84. The summed E-state index contributed by atoms with van der Waals surface area (Å²) in [7, 11) is 0. The fraction of sp³-hybridized carbons (Fsp3) is 0.343. The minimum Gasteiger partial charge on any atom is -0.459 e. The number of ketones is 1. The molecule has 1 aromatic heterocycles. The van der Waals surface area contributed by atoms with Crippen LogP contribution in [-0.2, 0) is 25.6 Å². The van der Waals surface area contributed by atoms with Crippen LogP contribution < -0.4 is 10.3 Å². The molecule has 46 heavy (non-hydrogen) atoms. The standard InChI is InChI=1S/C35H37N3O8/c1-33(2,3)45-31(42)35(32(43)46-34(4,5)6,20-21-38-29(40)26-14-10-11-15-27(26)36-37-38)22-28(39)23-16-18-25(19-17-23)44-30(41)24-12-8-7-9-13-24/h7-19H,20-22H2,1-6H3. The highest BCUT2D eigenvalue weighted by Crippen LogP contribution is 2.36. The van der Waals surface area contributed by atoms with Gasteiger partial charge < -0.3 is 14.2 Å². The van der Waals surface area contributed by atoms with Crippen LogP contribution in [0, 0.1) is 5.41 Å². The first-order valence-electron chi connectivity index (χ1n) is 14.8. The first-order valence-corrected chi connectivity index (χ1v) is 14.8. The molecule has 11 nitrogen and oxygen atoms in total. The van der Waals surface area contributed by atoms with Gasteiger partial charge in [0, 0.05) is 18.5 Å². The average Bonchev–Trinajstić information content (AvgIpc) is 2.99. The SMILES string of the molecule is CC(C)(C)OC(=O)C(CCn1nnc2ccccc2c1=O)(CC(=O)c1ccc(OC(=O)c2ccccc2)cc1)C(=O)OC(C)(C)C. The van der Waals surface area contributed by atoms with Gasteiger partial charge in [-0.15, -0.1) is 5.10 Å². The van der Waals surface area contributed by atoms with Gasteiger partial charge in [0.25, 0.3) is 5.56 Å². The largest absolute Gasteiger partial charge is 0.459 e. The molecule has 0 radical (unpaired) electrons. The van der Waals surface area contributed by atoms with E-state index in [1.54, 1.807) is 96.1 Å². The van der Waals surface area contributed by atoms with Gasteiger partial charge in [-0.2, -0.15) is 0 Å². The van der Waals surface area contributed by atoms with Crippen molar-refractivity contribution in [3.8, 4) is 5.75 Å². The summed E-state index contributed by atoms with van der Waals surface area (Å²) in [6, 6.07) is 20.8. The lowest BCUT2D eigenvalue weighted by atomic mass is 9.78. The summed E-state index contributed by atoms with van der Waals surface area (Å²) in [6.07, 6.45) is -0.974. The monoisotopic (exact) mass is 627 g/mol. The van der Waals surface area contributed by atoms with E-state index >= 15 is 0 Å². The Labute approximate surface area is 266 Å². The van der Waals surface area contributed by atoms with Crippen molar-refractivity contribution in [3.63, 3.8) is 0 Å². The number of carbonyl (C=O) groups excluding carboxylic acids is 4. The normalized spacial score (nSPS) is 12.0. The van der Waals surface area contributed by atoms with E-state index < -0.39 is 52.3 Å². The quantitative estimate of drug-likeness (QED) is 0.0977. The summed E-state index contributed by atoms with van der Waals surface area (Å²) in [5.41, 5.74) is -3.75. The van der Waals surface area contributed by atoms with Crippen LogP contribution in [0.15, 0.2) is 83.7 Å². The number of nitrogens with zero attached hydrogens (tertiary/aromatic N) is 3. The first kappa shape index (κ1) is 33.7. The Morgan fingerprint density at radius 3 is 1.87 bits per heavy atom. The summed E-state index contributed by atoms with van der Waals surface area (Å²) in [5, 5.41) is 8.39. The number of carbonyl (C=O) groups is 4. The van der Waals surface area contributed by atoms with Gasteiger partial charge in [0.15, 0.2) is 11.2 Å². The molecule has 0 bridgehead atoms. The molecule has 0 aliphatic heterocycles. The predicted molar refractivity (Wildman–Crippen MR) is 169 cm³/mol. The van der Waals surface area contributed by atoms with Crippen LogP contribution in [0.2, 0.25) is 0 Å². The molecule has 0 spiro atoms. The summed E-state index contributed by atoms with van der Waals surface area (Å²) in [4.78, 5) is 67.4. The number of esters is 3. The molecule has 240 valence electrons. The highest BCUT2D eigenvalue weighted by molar-refractivity contribution is 6.08. The van der Waals surface area contributed by atoms with E-state index in [4.69, 9.17) is 14.2 Å². The van der Waals surface area contributed by atoms with Crippen molar-refractivity contribution in [1.82, 2.24) is 15.0 Å². The van der Waals surface area contributed by atoms with Crippen LogP contribution in [0.1, 0.15) is 75.1 Å². The van der Waals surface area contributed by atoms with Crippen molar-refractivity contribution in [2.75, 3.05) is 0 Å². The second-order valence-corrected chi connectivity index (χ2v) is 12.9. The number of fused-ring (bicyclic) bond motifs is 1. The lowest BCUT2D eigenvalue weighted by molar-refractivity contribution is -0.186. The molecule has 11 heteroatoms. The van der Waals surface area contributed by atoms with Gasteiger partial charge in [-0.05, 0) is 96.5 Å². The molecular formula is C35H37N3O8. The number of hydrogen-bond acceptors (Lipinski definition) is 10. The molecule has 1 heterocycles. The summed E-state index contributed by atoms with van der Waals surface area (Å²) < 4.78 is 17.8. The van der Waals surface area contributed by atoms with Crippen LogP contribution in [0.5, 0.6) is 5.75 Å². The zero-order chi connectivity index (χ0) is 33.7. The summed E-state index contributed by atoms with van der Waals surface area (Å²) in [5.74, 6) is -2.89. The molecule has 4 aromatic rings. The highest BCUT2D eigenvalue weighted by atomic mass is 16.6. The van der Waals surface area contributed by atoms with Gasteiger partial charge >= 0.3 is 17.9 Å². The number of Topliss-reactive ketones (excluding diaryl/α,β-unsaturated/α-hetero) is 1. The zero-order valence-corrected chi connectivity index (χ0v) is 26.7. The Bertz CT molecular complexity index is 1770. The van der Waals surface area contributed by atoms with Crippen LogP contribution in [-0.4, -0.2) is 49.9 Å². The van der Waals surface area contributed by atoms with Gasteiger partial charge in [-0.3, -0.25) is 19.2 Å². The molecule has 3 aromatic carbocycles. The average molecular weight is 628 g/mol. The van der Waals surface area contributed by atoms with E-state index in [0.29, 0.717) is 16.5 Å². The molecule has 0 amide bonds. The van der Waals surface area contributed by atoms with Gasteiger partial charge in [0.2, 0.25) is 0 Å². The van der Waals surface area contributed by atoms with Gasteiger partial charge in [0.05, 0.1) is 10.9 Å². The molecule has 0 aliphatic carbocycles. The third kappa shape index (κ3) is 8.29. The smallest absolute Gasteiger partial charge is 0.343 e. The van der Waals surface area contributed by atoms with E-state index in [1.807, 2.05) is 0 Å². The highest BCUT2D eigenvalue weighted by Gasteiger charge is 2.52. The van der Waals surface area contributed by atoms with Crippen molar-refractivity contribution in [1.29, 1.82) is 0 Å². The lowest BCUT2D eigenvalue weighted by Gasteiger charge is -2.34. The number of hydrogen-bond donors (Lipinski definition) is 0. The predicted octanol–water partition coefficient (Wildman–Crippen LogP) is 5.34. The Balaban J connectivity index is 1.68. The van der Waals surface area contributed by atoms with Crippen molar-refractivity contribution < 1.29 is 33.4 Å². The van der Waals surface area contributed by atoms with Gasteiger partial charge in [-0.25, -0.2) is 9.48 Å². The maximum Gasteiger partial charge on any atom is 0.343 e. The minimum absolute atomic E-state index is 0.152. The molecule has 0 saturated carbocycles. The van der Waals surface area contributed by atoms with Crippen LogP contribution >= 0.6 is 0 Å². The van der Waals surface area contributed by atoms with Gasteiger partial charge in [0.1, 0.15) is 22.5 Å². The van der Waals surface area contributed by atoms with Crippen molar-refractivity contribution in [2.45, 2.75) is 72.1 Å². The number of aromatic nitrogens is 3. The van der Waals surface area contributed by atoms with Crippen molar-refractivity contribution >= 4 is 34.6 Å². The topological polar surface area (TPSA) is 144 Å². The third-order valence-corrected chi connectivity index (χ3v) is 6.82. The van der Waals surface area contributed by atoms with Crippen molar-refractivity contribution in [2.24, 2.45) is 5.41 Å². The van der Waals surface area contributed by atoms with Crippen LogP contribution in [0.25, 0.3) is 10.9 Å². The molecule has 4 rings (SSSR count). The minimum atomic E-state index is -2.15. The molecule has 0 saturated heterocycles. The van der Waals surface area contributed by atoms with Gasteiger partial charge in [-0.1, -0.05) is 35.5 Å². The number of ether oxygens (including phenoxy) is 3. The Morgan fingerprint density at radius 1 is 0.717 bits per heavy atom. The molecule has 0 aliphatic rings. The fourth-order valence-corrected chi connectivity index (χ4v) is 4.56. The zero-order valence-electron chi connectivity index (χ0n) is 26.7. The number of aryl methyl sites for hydroxylation is 1. The molecule has 0 fully saturated rings. The molecular weight excluding hydrogens is 590 g/mol. The Morgan fingerprint density at radius 2 is 1.28 bits per heavy atom. The maximum atomic E-state index is 13.9. The second-order valence-electron chi connectivity index (χ2n) is 12.9. The second kappa shape index (κ2) is 13.4. The van der Waals surface area contributed by atoms with E-state index in [0.717, 1.165) is 4.68 Å². The number of rotatable bonds is 10. The summed E-state index contributed by atoms with van der Waals surface area (Å²) >= 11 is 0. The third-order valence-electron chi connectivity index (χ3n) is 6.82. The van der Waals surface area contributed by atoms with Crippen LogP contribution in [0.4, 0.5) is 0 Å². The summed E-state index contributed by atoms with van der Waals surface area (Å²) in [6.45, 7) is 9.60. The van der Waals surface area contributed by atoms with E-state index in [-0.39, 0.29) is 24.3 Å². The van der Waals surface area contributed by atoms with Crippen LogP contribution in [0.3, 0.4) is 0 Å². The lowest BCUT2D eigenvalue weighted by Crippen LogP contribution is -2.49. The molecule has 0 N–H and O–H groups in total. The van der Waals surface area contributed by atoms with Crippen molar-refractivity contribution in [3.05, 3.63) is 100 Å². The van der Waals surface area contributed by atoms with E-state index in [1.165, 1.54) is 24.3 Å². The van der Waals surface area contributed by atoms with E-state index in [2.05, 4.69) is 10.3 Å². The maximum absolute atomic E-state index is 13.9. The first-order chi connectivity index (χ1) is 21.6. The number of benzene rings is 3. The Hall–Kier alpha value is -5.19.